The predicted molar refractivity (Wildman–Crippen MR) is 103 cm³/mol. The van der Waals surface area contributed by atoms with Gasteiger partial charge in [0.1, 0.15) is 0 Å². The maximum absolute atomic E-state index is 12.8. The van der Waals surface area contributed by atoms with Crippen LogP contribution in [0.1, 0.15) is 19.4 Å². The molecule has 0 aliphatic rings. The summed E-state index contributed by atoms with van der Waals surface area (Å²) in [6, 6.07) is 19.6. The number of nitrogens with zero attached hydrogens (tertiary/aromatic N) is 3. The first kappa shape index (κ1) is 18.2. The van der Waals surface area contributed by atoms with Gasteiger partial charge in [-0.05, 0) is 31.5 Å². The minimum Gasteiger partial charge on any atom is -0.411 e. The van der Waals surface area contributed by atoms with Gasteiger partial charge in [-0.1, -0.05) is 60.3 Å². The maximum atomic E-state index is 12.8. The van der Waals surface area contributed by atoms with Gasteiger partial charge in [0.15, 0.2) is 0 Å². The Bertz CT molecular complexity index is 837. The van der Waals surface area contributed by atoms with Crippen LogP contribution in [0.5, 0.6) is 0 Å². The Labute approximate surface area is 157 Å². The quantitative estimate of drug-likeness (QED) is 0.584. The molecule has 0 bridgehead atoms. The fourth-order valence-corrected chi connectivity index (χ4v) is 3.33. The highest BCUT2D eigenvalue weighted by Crippen LogP contribution is 2.27. The SMILES string of the molecule is CCN(Cc1ccccc1)C(=O)C(C)Sc1nnc(-c2ccccc2)o1. The number of carbonyl (C=O) groups excluding carboxylic acids is 1. The largest absolute Gasteiger partial charge is 0.411 e. The number of thioether (sulfide) groups is 1. The summed E-state index contributed by atoms with van der Waals surface area (Å²) in [6.07, 6.45) is 0. The van der Waals surface area contributed by atoms with Gasteiger partial charge in [0.25, 0.3) is 5.22 Å². The number of amides is 1. The van der Waals surface area contributed by atoms with Crippen LogP contribution in [0.3, 0.4) is 0 Å². The lowest BCUT2D eigenvalue weighted by atomic mass is 10.2. The Hall–Kier alpha value is -2.60. The first-order valence-electron chi connectivity index (χ1n) is 8.55. The lowest BCUT2D eigenvalue weighted by molar-refractivity contribution is -0.130. The van der Waals surface area contributed by atoms with Gasteiger partial charge in [-0.3, -0.25) is 4.79 Å². The zero-order valence-electron chi connectivity index (χ0n) is 14.8. The van der Waals surface area contributed by atoms with E-state index in [4.69, 9.17) is 4.42 Å². The summed E-state index contributed by atoms with van der Waals surface area (Å²) >= 11 is 1.29. The van der Waals surface area contributed by atoms with Crippen LogP contribution in [0.2, 0.25) is 0 Å². The summed E-state index contributed by atoms with van der Waals surface area (Å²) < 4.78 is 5.69. The molecule has 26 heavy (non-hydrogen) atoms. The number of benzene rings is 2. The molecule has 0 saturated heterocycles. The third-order valence-electron chi connectivity index (χ3n) is 3.96. The van der Waals surface area contributed by atoms with E-state index in [1.807, 2.05) is 79.4 Å². The Balaban J connectivity index is 1.64. The second-order valence-electron chi connectivity index (χ2n) is 5.84. The minimum atomic E-state index is -0.303. The highest BCUT2D eigenvalue weighted by Gasteiger charge is 2.23. The van der Waals surface area contributed by atoms with E-state index >= 15 is 0 Å². The van der Waals surface area contributed by atoms with Crippen LogP contribution in [0.4, 0.5) is 0 Å². The van der Waals surface area contributed by atoms with Crippen LogP contribution >= 0.6 is 11.8 Å². The van der Waals surface area contributed by atoms with E-state index in [0.717, 1.165) is 11.1 Å². The average molecular weight is 367 g/mol. The van der Waals surface area contributed by atoms with E-state index in [0.29, 0.717) is 24.2 Å². The van der Waals surface area contributed by atoms with Gasteiger partial charge < -0.3 is 9.32 Å². The summed E-state index contributed by atoms with van der Waals surface area (Å²) in [4.78, 5) is 14.6. The molecule has 1 heterocycles. The van der Waals surface area contributed by atoms with Gasteiger partial charge in [-0.2, -0.15) is 0 Å². The Morgan fingerprint density at radius 1 is 1.08 bits per heavy atom. The van der Waals surface area contributed by atoms with Gasteiger partial charge in [-0.25, -0.2) is 0 Å². The molecule has 0 aliphatic carbocycles. The molecule has 1 aromatic heterocycles. The molecule has 0 spiro atoms. The van der Waals surface area contributed by atoms with Crippen molar-refractivity contribution in [3.8, 4) is 11.5 Å². The van der Waals surface area contributed by atoms with Gasteiger partial charge in [-0.15, -0.1) is 10.2 Å². The first-order chi connectivity index (χ1) is 12.7. The molecule has 0 N–H and O–H groups in total. The molecule has 2 aromatic carbocycles. The number of hydrogen-bond donors (Lipinski definition) is 0. The summed E-state index contributed by atoms with van der Waals surface area (Å²) in [7, 11) is 0. The predicted octanol–water partition coefficient (Wildman–Crippen LogP) is 4.27. The van der Waals surface area contributed by atoms with Crippen LogP contribution in [0, 0.1) is 0 Å². The molecule has 5 nitrogen and oxygen atoms in total. The zero-order chi connectivity index (χ0) is 18.4. The van der Waals surface area contributed by atoms with E-state index in [1.54, 1.807) is 0 Å². The van der Waals surface area contributed by atoms with E-state index in [-0.39, 0.29) is 11.2 Å². The zero-order valence-corrected chi connectivity index (χ0v) is 15.6. The van der Waals surface area contributed by atoms with Crippen LogP contribution < -0.4 is 0 Å². The Morgan fingerprint density at radius 2 is 1.73 bits per heavy atom. The molecule has 1 unspecified atom stereocenters. The third-order valence-corrected chi connectivity index (χ3v) is 4.88. The monoisotopic (exact) mass is 367 g/mol. The molecular weight excluding hydrogens is 346 g/mol. The Kier molecular flexibility index (Phi) is 6.07. The number of carbonyl (C=O) groups is 1. The van der Waals surface area contributed by atoms with Crippen molar-refractivity contribution < 1.29 is 9.21 Å². The molecule has 3 rings (SSSR count). The average Bonchev–Trinajstić information content (AvgIpc) is 3.15. The van der Waals surface area contributed by atoms with Crippen molar-refractivity contribution >= 4 is 17.7 Å². The van der Waals surface area contributed by atoms with Gasteiger partial charge in [0.05, 0.1) is 5.25 Å². The molecule has 3 aromatic rings. The molecule has 1 amide bonds. The van der Waals surface area contributed by atoms with Crippen LogP contribution in [0.25, 0.3) is 11.5 Å². The van der Waals surface area contributed by atoms with Crippen molar-refractivity contribution in [2.24, 2.45) is 0 Å². The van der Waals surface area contributed by atoms with Crippen molar-refractivity contribution in [3.05, 3.63) is 66.2 Å². The highest BCUT2D eigenvalue weighted by atomic mass is 32.2. The van der Waals surface area contributed by atoms with Crippen LogP contribution in [-0.2, 0) is 11.3 Å². The molecule has 0 fully saturated rings. The standard InChI is InChI=1S/C20H21N3O2S/c1-3-23(14-16-10-6-4-7-11-16)19(24)15(2)26-20-22-21-18(25-20)17-12-8-5-9-13-17/h4-13,15H,3,14H2,1-2H3. The summed E-state index contributed by atoms with van der Waals surface area (Å²) in [5.41, 5.74) is 1.98. The normalized spacial score (nSPS) is 11.9. The van der Waals surface area contributed by atoms with Crippen molar-refractivity contribution in [1.82, 2.24) is 15.1 Å². The second-order valence-corrected chi connectivity index (χ2v) is 7.13. The van der Waals surface area contributed by atoms with E-state index in [9.17, 15) is 4.79 Å². The fourth-order valence-electron chi connectivity index (χ4n) is 2.56. The third kappa shape index (κ3) is 4.52. The van der Waals surface area contributed by atoms with Crippen LogP contribution in [0.15, 0.2) is 70.3 Å². The van der Waals surface area contributed by atoms with Crippen molar-refractivity contribution in [2.75, 3.05) is 6.54 Å². The van der Waals surface area contributed by atoms with Gasteiger partial charge >= 0.3 is 0 Å². The molecule has 134 valence electrons. The van der Waals surface area contributed by atoms with Crippen molar-refractivity contribution in [3.63, 3.8) is 0 Å². The van der Waals surface area contributed by atoms with Gasteiger partial charge in [0, 0.05) is 18.7 Å². The second kappa shape index (κ2) is 8.67. The van der Waals surface area contributed by atoms with E-state index < -0.39 is 0 Å². The molecule has 6 heteroatoms. The molecule has 1 atom stereocenters. The van der Waals surface area contributed by atoms with Crippen LogP contribution in [-0.4, -0.2) is 32.8 Å². The lowest BCUT2D eigenvalue weighted by Gasteiger charge is -2.23. The molecule has 0 radical (unpaired) electrons. The minimum absolute atomic E-state index is 0.0563. The van der Waals surface area contributed by atoms with Crippen molar-refractivity contribution in [1.29, 1.82) is 0 Å². The maximum Gasteiger partial charge on any atom is 0.277 e. The Morgan fingerprint density at radius 3 is 2.38 bits per heavy atom. The molecular formula is C20H21N3O2S. The van der Waals surface area contributed by atoms with E-state index in [1.165, 1.54) is 11.8 Å². The summed E-state index contributed by atoms with van der Waals surface area (Å²) in [6.45, 7) is 5.10. The molecule has 0 aliphatic heterocycles. The number of aromatic nitrogens is 2. The number of hydrogen-bond acceptors (Lipinski definition) is 5. The summed E-state index contributed by atoms with van der Waals surface area (Å²) in [5, 5.41) is 8.23. The molecule has 0 saturated carbocycles. The summed E-state index contributed by atoms with van der Waals surface area (Å²) in [5.74, 6) is 0.519. The topological polar surface area (TPSA) is 59.2 Å². The smallest absolute Gasteiger partial charge is 0.277 e. The van der Waals surface area contributed by atoms with Crippen molar-refractivity contribution in [2.45, 2.75) is 30.9 Å². The number of rotatable bonds is 7. The lowest BCUT2D eigenvalue weighted by Crippen LogP contribution is -2.35. The van der Waals surface area contributed by atoms with E-state index in [2.05, 4.69) is 10.2 Å². The first-order valence-corrected chi connectivity index (χ1v) is 9.43. The highest BCUT2D eigenvalue weighted by molar-refractivity contribution is 8.00. The fraction of sp³-hybridized carbons (Fsp3) is 0.250. The van der Waals surface area contributed by atoms with Gasteiger partial charge in [0.2, 0.25) is 11.8 Å².